The van der Waals surface area contributed by atoms with E-state index < -0.39 is 18.0 Å². The van der Waals surface area contributed by atoms with Crippen LogP contribution in [0.2, 0.25) is 0 Å². The molecule has 0 bridgehead atoms. The van der Waals surface area contributed by atoms with Crippen LogP contribution in [0.3, 0.4) is 0 Å². The third-order valence-corrected chi connectivity index (χ3v) is 8.81. The van der Waals surface area contributed by atoms with Crippen molar-refractivity contribution in [2.75, 3.05) is 39.3 Å². The summed E-state index contributed by atoms with van der Waals surface area (Å²) in [7, 11) is 0. The van der Waals surface area contributed by atoms with Gasteiger partial charge in [0, 0.05) is 56.4 Å². The number of rotatable bonds is 7. The number of carboxylic acids is 2. The Bertz CT molecular complexity index is 693. The summed E-state index contributed by atoms with van der Waals surface area (Å²) in [6, 6.07) is 0.471. The van der Waals surface area contributed by atoms with E-state index in [9.17, 15) is 19.8 Å². The van der Waals surface area contributed by atoms with Crippen LogP contribution in [0.4, 0.5) is 0 Å². The number of carboxylic acid groups (broad SMARTS) is 2. The average Bonchev–Trinajstić information content (AvgIpc) is 3.08. The van der Waals surface area contributed by atoms with Gasteiger partial charge in [-0.3, -0.25) is 29.2 Å². The number of carbonyl (C=O) groups is 2. The average molecular weight is 437 g/mol. The molecule has 4 aliphatic heterocycles. The zero-order valence-corrected chi connectivity index (χ0v) is 19.5. The Morgan fingerprint density at radius 3 is 2.00 bits per heavy atom. The van der Waals surface area contributed by atoms with Gasteiger partial charge in [-0.05, 0) is 65.8 Å². The van der Waals surface area contributed by atoms with Gasteiger partial charge in [0.2, 0.25) is 0 Å². The van der Waals surface area contributed by atoms with Gasteiger partial charge in [-0.2, -0.15) is 0 Å². The molecule has 0 aromatic carbocycles. The van der Waals surface area contributed by atoms with Crippen LogP contribution in [-0.4, -0.2) is 117 Å². The smallest absolute Gasteiger partial charge is 0.320 e. The number of hydrogen-bond acceptors (Lipinski definition) is 6. The highest BCUT2D eigenvalue weighted by Gasteiger charge is 2.49. The maximum absolute atomic E-state index is 12.2. The molecule has 8 nitrogen and oxygen atoms in total. The van der Waals surface area contributed by atoms with Crippen molar-refractivity contribution in [3.63, 3.8) is 0 Å². The van der Waals surface area contributed by atoms with Gasteiger partial charge in [0.05, 0.1) is 0 Å². The van der Waals surface area contributed by atoms with E-state index in [0.717, 1.165) is 58.5 Å². The highest BCUT2D eigenvalue weighted by atomic mass is 16.4. The minimum Gasteiger partial charge on any atom is -0.480 e. The molecule has 4 rings (SSSR count). The molecule has 0 saturated carbocycles. The molecule has 0 aromatic heterocycles. The molecule has 4 unspecified atom stereocenters. The summed E-state index contributed by atoms with van der Waals surface area (Å²) in [4.78, 5) is 32.9. The van der Waals surface area contributed by atoms with Gasteiger partial charge in [0.25, 0.3) is 0 Å². The first-order valence-electron chi connectivity index (χ1n) is 12.1. The Balaban J connectivity index is 1.37. The molecule has 4 fully saturated rings. The van der Waals surface area contributed by atoms with Gasteiger partial charge in [0.15, 0.2) is 0 Å². The lowest BCUT2D eigenvalue weighted by atomic mass is 9.76. The zero-order chi connectivity index (χ0) is 22.5. The molecular formula is C23H40N4O4. The van der Waals surface area contributed by atoms with E-state index in [1.807, 2.05) is 0 Å². The SMILES string of the molecule is CC(C)N1CC(N2CCC(C(C)(C)N3CCC(N4CCC4C(=O)O)C3)CC2C(=O)O)C1. The van der Waals surface area contributed by atoms with E-state index in [4.69, 9.17) is 0 Å². The van der Waals surface area contributed by atoms with Crippen molar-refractivity contribution in [3.05, 3.63) is 0 Å². The van der Waals surface area contributed by atoms with E-state index in [2.05, 4.69) is 47.3 Å². The van der Waals surface area contributed by atoms with Gasteiger partial charge < -0.3 is 10.2 Å². The topological polar surface area (TPSA) is 87.6 Å². The van der Waals surface area contributed by atoms with Crippen molar-refractivity contribution in [1.29, 1.82) is 0 Å². The lowest BCUT2D eigenvalue weighted by Crippen LogP contribution is -2.67. The summed E-state index contributed by atoms with van der Waals surface area (Å²) in [6.07, 6.45) is 3.48. The Morgan fingerprint density at radius 1 is 0.839 bits per heavy atom. The fourth-order valence-electron chi connectivity index (χ4n) is 6.33. The Kier molecular flexibility index (Phi) is 6.38. The van der Waals surface area contributed by atoms with E-state index in [-0.39, 0.29) is 11.6 Å². The minimum atomic E-state index is -0.701. The van der Waals surface area contributed by atoms with Crippen molar-refractivity contribution in [2.24, 2.45) is 5.92 Å². The summed E-state index contributed by atoms with van der Waals surface area (Å²) in [5, 5.41) is 19.4. The Hall–Kier alpha value is -1.22. The molecule has 0 radical (unpaired) electrons. The first kappa shape index (κ1) is 23.0. The first-order chi connectivity index (χ1) is 14.6. The van der Waals surface area contributed by atoms with Gasteiger partial charge in [-0.15, -0.1) is 0 Å². The third-order valence-electron chi connectivity index (χ3n) is 8.81. The summed E-state index contributed by atoms with van der Waals surface area (Å²) < 4.78 is 0. The van der Waals surface area contributed by atoms with Crippen LogP contribution in [0.25, 0.3) is 0 Å². The fraction of sp³-hybridized carbons (Fsp3) is 0.913. The number of likely N-dealkylation sites (tertiary alicyclic amines) is 4. The van der Waals surface area contributed by atoms with Crippen molar-refractivity contribution in [2.45, 2.75) is 89.1 Å². The molecule has 4 atom stereocenters. The first-order valence-corrected chi connectivity index (χ1v) is 12.1. The lowest BCUT2D eigenvalue weighted by Gasteiger charge is -2.54. The number of hydrogen-bond donors (Lipinski definition) is 2. The quantitative estimate of drug-likeness (QED) is 0.617. The number of piperidine rings is 1. The summed E-state index contributed by atoms with van der Waals surface area (Å²) >= 11 is 0. The van der Waals surface area contributed by atoms with Crippen molar-refractivity contribution < 1.29 is 19.8 Å². The second-order valence-electron chi connectivity index (χ2n) is 10.9. The molecule has 0 aromatic rings. The summed E-state index contributed by atoms with van der Waals surface area (Å²) in [6.45, 7) is 14.5. The van der Waals surface area contributed by atoms with Crippen LogP contribution in [0.1, 0.15) is 53.4 Å². The molecule has 176 valence electrons. The van der Waals surface area contributed by atoms with Crippen molar-refractivity contribution >= 4 is 11.9 Å². The Labute approximate surface area is 186 Å². The van der Waals surface area contributed by atoms with E-state index in [1.54, 1.807) is 0 Å². The second-order valence-corrected chi connectivity index (χ2v) is 10.9. The molecule has 2 N–H and O–H groups in total. The fourth-order valence-corrected chi connectivity index (χ4v) is 6.33. The molecular weight excluding hydrogens is 396 g/mol. The molecule has 0 amide bonds. The highest BCUT2D eigenvalue weighted by molar-refractivity contribution is 5.74. The molecule has 0 aliphatic carbocycles. The third kappa shape index (κ3) is 4.24. The predicted molar refractivity (Wildman–Crippen MR) is 118 cm³/mol. The molecule has 4 saturated heterocycles. The van der Waals surface area contributed by atoms with E-state index in [0.29, 0.717) is 30.5 Å². The van der Waals surface area contributed by atoms with Crippen LogP contribution in [-0.2, 0) is 9.59 Å². The standard InChI is InChI=1S/C23H40N4O4/c1-15(2)24-12-18(13-24)27-9-5-16(11-20(27)22(30)31)23(3,4)25-8-6-17(14-25)26-10-7-19(26)21(28)29/h15-20H,5-14H2,1-4H3,(H,28,29)(H,30,31). The van der Waals surface area contributed by atoms with Crippen LogP contribution in [0.5, 0.6) is 0 Å². The highest BCUT2D eigenvalue weighted by Crippen LogP contribution is 2.40. The maximum atomic E-state index is 12.2. The van der Waals surface area contributed by atoms with Crippen molar-refractivity contribution in [3.8, 4) is 0 Å². The van der Waals surface area contributed by atoms with Gasteiger partial charge in [-0.25, -0.2) is 0 Å². The van der Waals surface area contributed by atoms with Crippen LogP contribution < -0.4 is 0 Å². The molecule has 4 heterocycles. The van der Waals surface area contributed by atoms with Crippen LogP contribution in [0.15, 0.2) is 0 Å². The van der Waals surface area contributed by atoms with Crippen LogP contribution in [0, 0.1) is 5.92 Å². The summed E-state index contributed by atoms with van der Waals surface area (Å²) in [5.41, 5.74) is -0.0816. The normalized spacial score (nSPS) is 34.6. The number of aliphatic carboxylic acids is 2. The lowest BCUT2D eigenvalue weighted by molar-refractivity contribution is -0.151. The van der Waals surface area contributed by atoms with E-state index in [1.165, 1.54) is 0 Å². The molecule has 4 aliphatic rings. The predicted octanol–water partition coefficient (Wildman–Crippen LogP) is 1.26. The van der Waals surface area contributed by atoms with Crippen LogP contribution >= 0.6 is 0 Å². The molecule has 8 heteroatoms. The van der Waals surface area contributed by atoms with E-state index >= 15 is 0 Å². The number of nitrogens with zero attached hydrogens (tertiary/aromatic N) is 4. The second kappa shape index (κ2) is 8.61. The molecule has 0 spiro atoms. The van der Waals surface area contributed by atoms with Gasteiger partial charge >= 0.3 is 11.9 Å². The summed E-state index contributed by atoms with van der Waals surface area (Å²) in [5.74, 6) is -1.06. The molecule has 31 heavy (non-hydrogen) atoms. The largest absolute Gasteiger partial charge is 0.480 e. The Morgan fingerprint density at radius 2 is 1.45 bits per heavy atom. The van der Waals surface area contributed by atoms with Gasteiger partial charge in [0.1, 0.15) is 12.1 Å². The van der Waals surface area contributed by atoms with Gasteiger partial charge in [-0.1, -0.05) is 0 Å². The minimum absolute atomic E-state index is 0.0816. The monoisotopic (exact) mass is 436 g/mol. The maximum Gasteiger partial charge on any atom is 0.320 e. The zero-order valence-electron chi connectivity index (χ0n) is 19.5. The van der Waals surface area contributed by atoms with Crippen molar-refractivity contribution in [1.82, 2.24) is 19.6 Å².